The monoisotopic (exact) mass is 395 g/mol. The molecule has 1 fully saturated rings. The smallest absolute Gasteiger partial charge is 0.264 e. The van der Waals surface area contributed by atoms with Crippen molar-refractivity contribution in [1.82, 2.24) is 24.8 Å². The van der Waals surface area contributed by atoms with E-state index in [4.69, 9.17) is 0 Å². The van der Waals surface area contributed by atoms with Gasteiger partial charge in [-0.3, -0.25) is 9.59 Å². The van der Waals surface area contributed by atoms with Crippen LogP contribution in [0.1, 0.15) is 14.5 Å². The maximum Gasteiger partial charge on any atom is 0.264 e. The second-order valence-corrected chi connectivity index (χ2v) is 8.04. The number of amides is 2. The predicted molar refractivity (Wildman–Crippen MR) is 107 cm³/mol. The fourth-order valence-corrected chi connectivity index (χ4v) is 4.06. The van der Waals surface area contributed by atoms with Gasteiger partial charge in [0.05, 0.1) is 11.1 Å². The summed E-state index contributed by atoms with van der Waals surface area (Å²) in [7, 11) is 0. The molecule has 8 heteroatoms. The molecule has 1 aliphatic heterocycles. The Bertz CT molecular complexity index is 973. The molecule has 0 N–H and O–H groups in total. The van der Waals surface area contributed by atoms with Crippen molar-refractivity contribution in [2.24, 2.45) is 0 Å². The molecule has 0 atom stereocenters. The molecule has 0 saturated carbocycles. The van der Waals surface area contributed by atoms with Crippen LogP contribution in [-0.2, 0) is 11.3 Å². The number of hydrogen-bond acceptors (Lipinski definition) is 5. The van der Waals surface area contributed by atoms with Crippen LogP contribution in [-0.4, -0.2) is 62.8 Å². The molecular weight excluding hydrogens is 374 g/mol. The third kappa shape index (κ3) is 3.96. The quantitative estimate of drug-likeness (QED) is 0.680. The third-order valence-corrected chi connectivity index (χ3v) is 5.76. The molecule has 0 radical (unpaired) electrons. The molecule has 4 rings (SSSR count). The van der Waals surface area contributed by atoms with E-state index in [-0.39, 0.29) is 18.4 Å². The van der Waals surface area contributed by atoms with Crippen LogP contribution in [0.2, 0.25) is 0 Å². The van der Waals surface area contributed by atoms with Gasteiger partial charge in [-0.1, -0.05) is 35.5 Å². The van der Waals surface area contributed by atoms with Gasteiger partial charge in [0, 0.05) is 36.6 Å². The number of aromatic nitrogens is 3. The molecule has 3 aromatic rings. The fourth-order valence-electron chi connectivity index (χ4n) is 3.22. The van der Waals surface area contributed by atoms with Crippen molar-refractivity contribution in [1.29, 1.82) is 0 Å². The van der Waals surface area contributed by atoms with Crippen molar-refractivity contribution in [3.8, 4) is 11.3 Å². The number of hydrogen-bond donors (Lipinski definition) is 0. The van der Waals surface area contributed by atoms with E-state index in [2.05, 4.69) is 10.3 Å². The van der Waals surface area contributed by atoms with E-state index >= 15 is 0 Å². The van der Waals surface area contributed by atoms with Gasteiger partial charge in [0.2, 0.25) is 5.91 Å². The van der Waals surface area contributed by atoms with Crippen LogP contribution in [0, 0.1) is 6.92 Å². The Morgan fingerprint density at radius 1 is 1.00 bits per heavy atom. The first kappa shape index (κ1) is 18.4. The summed E-state index contributed by atoms with van der Waals surface area (Å²) in [6.45, 7) is 4.32. The van der Waals surface area contributed by atoms with Crippen LogP contribution < -0.4 is 0 Å². The maximum absolute atomic E-state index is 12.6. The molecule has 0 unspecified atom stereocenters. The molecule has 0 bridgehead atoms. The molecule has 0 aliphatic carbocycles. The molecule has 1 aliphatic rings. The summed E-state index contributed by atoms with van der Waals surface area (Å²) in [6.07, 6.45) is 1.78. The second-order valence-electron chi connectivity index (χ2n) is 6.75. The van der Waals surface area contributed by atoms with E-state index in [1.165, 1.54) is 11.3 Å². The lowest BCUT2D eigenvalue weighted by Crippen LogP contribution is -2.51. The van der Waals surface area contributed by atoms with Gasteiger partial charge in [-0.25, -0.2) is 4.68 Å². The average Bonchev–Trinajstić information content (AvgIpc) is 3.37. The van der Waals surface area contributed by atoms with Crippen LogP contribution in [0.25, 0.3) is 11.3 Å². The lowest BCUT2D eigenvalue weighted by molar-refractivity contribution is -0.133. The van der Waals surface area contributed by atoms with Gasteiger partial charge in [-0.05, 0) is 19.1 Å². The molecular formula is C20H21N5O2S. The van der Waals surface area contributed by atoms with Crippen molar-refractivity contribution in [3.05, 3.63) is 58.4 Å². The topological polar surface area (TPSA) is 71.3 Å². The van der Waals surface area contributed by atoms with Crippen LogP contribution in [0.15, 0.2) is 48.7 Å². The minimum atomic E-state index is -0.0106. The Hall–Kier alpha value is -3.00. The molecule has 28 heavy (non-hydrogen) atoms. The van der Waals surface area contributed by atoms with E-state index in [0.29, 0.717) is 26.2 Å². The Kier molecular flexibility index (Phi) is 5.21. The molecule has 2 amide bonds. The van der Waals surface area contributed by atoms with Crippen LogP contribution in [0.3, 0.4) is 0 Å². The Morgan fingerprint density at radius 2 is 1.71 bits per heavy atom. The number of rotatable bonds is 4. The number of nitrogens with zero attached hydrogens (tertiary/aromatic N) is 5. The summed E-state index contributed by atoms with van der Waals surface area (Å²) in [5.74, 6) is 0.0394. The molecule has 144 valence electrons. The van der Waals surface area contributed by atoms with Gasteiger partial charge in [-0.2, -0.15) is 0 Å². The Morgan fingerprint density at radius 3 is 2.39 bits per heavy atom. The highest BCUT2D eigenvalue weighted by molar-refractivity contribution is 7.13. The van der Waals surface area contributed by atoms with Crippen molar-refractivity contribution in [2.75, 3.05) is 26.2 Å². The number of aryl methyl sites for hydroxylation is 1. The number of carbonyl (C=O) groups excluding carboxylic acids is 2. The van der Waals surface area contributed by atoms with Crippen LogP contribution >= 0.6 is 11.3 Å². The largest absolute Gasteiger partial charge is 0.338 e. The van der Waals surface area contributed by atoms with E-state index in [1.807, 2.05) is 54.3 Å². The fraction of sp³-hybridized carbons (Fsp3) is 0.300. The zero-order chi connectivity index (χ0) is 19.5. The minimum absolute atomic E-state index is 0.0106. The van der Waals surface area contributed by atoms with Crippen molar-refractivity contribution < 1.29 is 9.59 Å². The van der Waals surface area contributed by atoms with E-state index in [1.54, 1.807) is 15.8 Å². The second kappa shape index (κ2) is 7.93. The summed E-state index contributed by atoms with van der Waals surface area (Å²) in [5, 5.41) is 8.21. The highest BCUT2D eigenvalue weighted by Crippen LogP contribution is 2.18. The number of benzene rings is 1. The Labute approximate surface area is 167 Å². The minimum Gasteiger partial charge on any atom is -0.338 e. The van der Waals surface area contributed by atoms with Crippen LogP contribution in [0.5, 0.6) is 0 Å². The molecule has 0 spiro atoms. The zero-order valence-corrected chi connectivity index (χ0v) is 16.4. The number of thiophene rings is 1. The summed E-state index contributed by atoms with van der Waals surface area (Å²) in [5.41, 5.74) is 1.71. The van der Waals surface area contributed by atoms with Crippen molar-refractivity contribution >= 4 is 23.2 Å². The first-order valence-corrected chi connectivity index (χ1v) is 10.0. The van der Waals surface area contributed by atoms with Gasteiger partial charge in [0.1, 0.15) is 12.2 Å². The molecule has 7 nitrogen and oxygen atoms in total. The zero-order valence-electron chi connectivity index (χ0n) is 15.6. The van der Waals surface area contributed by atoms with Gasteiger partial charge >= 0.3 is 0 Å². The van der Waals surface area contributed by atoms with Crippen molar-refractivity contribution in [3.63, 3.8) is 0 Å². The first-order valence-electron chi connectivity index (χ1n) is 9.19. The van der Waals surface area contributed by atoms with E-state index in [9.17, 15) is 9.59 Å². The molecule has 3 heterocycles. The summed E-state index contributed by atoms with van der Waals surface area (Å²) >= 11 is 1.51. The normalized spacial score (nSPS) is 14.3. The predicted octanol–water partition coefficient (Wildman–Crippen LogP) is 2.30. The molecule has 1 aromatic carbocycles. The van der Waals surface area contributed by atoms with Gasteiger partial charge in [-0.15, -0.1) is 16.4 Å². The van der Waals surface area contributed by atoms with Gasteiger partial charge in [0.15, 0.2) is 0 Å². The lowest BCUT2D eigenvalue weighted by Gasteiger charge is -2.34. The summed E-state index contributed by atoms with van der Waals surface area (Å²) < 4.78 is 1.57. The maximum atomic E-state index is 12.6. The number of carbonyl (C=O) groups is 2. The van der Waals surface area contributed by atoms with Crippen molar-refractivity contribution in [2.45, 2.75) is 13.5 Å². The average molecular weight is 395 g/mol. The summed E-state index contributed by atoms with van der Waals surface area (Å²) in [6, 6.07) is 13.6. The molecule has 2 aromatic heterocycles. The lowest BCUT2D eigenvalue weighted by atomic mass is 10.2. The highest BCUT2D eigenvalue weighted by atomic mass is 32.1. The summed E-state index contributed by atoms with van der Waals surface area (Å²) in [4.78, 5) is 30.6. The highest BCUT2D eigenvalue weighted by Gasteiger charge is 2.25. The van der Waals surface area contributed by atoms with Gasteiger partial charge < -0.3 is 9.80 Å². The SMILES string of the molecule is Cc1ccc(C(=O)N2CCN(C(=O)Cn3cc(-c4ccccc4)nn3)CC2)s1. The number of piperazine rings is 1. The first-order chi connectivity index (χ1) is 13.6. The third-order valence-electron chi connectivity index (χ3n) is 4.78. The van der Waals surface area contributed by atoms with E-state index < -0.39 is 0 Å². The molecule has 1 saturated heterocycles. The van der Waals surface area contributed by atoms with Gasteiger partial charge in [0.25, 0.3) is 5.91 Å². The van der Waals surface area contributed by atoms with Crippen LogP contribution in [0.4, 0.5) is 0 Å². The van der Waals surface area contributed by atoms with E-state index in [0.717, 1.165) is 21.0 Å². The Balaban J connectivity index is 1.32. The standard InChI is InChI=1S/C20H21N5O2S/c1-15-7-8-18(28-15)20(27)24-11-9-23(10-12-24)19(26)14-25-13-17(21-22-25)16-5-3-2-4-6-16/h2-8,13H,9-12,14H2,1H3.